The van der Waals surface area contributed by atoms with Gasteiger partial charge in [-0.15, -0.1) is 11.8 Å². The first-order valence-electron chi connectivity index (χ1n) is 6.06. The maximum absolute atomic E-state index is 11.9. The molecule has 0 aliphatic rings. The summed E-state index contributed by atoms with van der Waals surface area (Å²) in [7, 11) is -3.43. The summed E-state index contributed by atoms with van der Waals surface area (Å²) in [5.74, 6) is 0.388. The van der Waals surface area contributed by atoms with E-state index < -0.39 is 10.0 Å². The molecule has 112 valence electrons. The minimum absolute atomic E-state index is 0.0192. The minimum atomic E-state index is -3.43. The van der Waals surface area contributed by atoms with Crippen LogP contribution in [0.4, 0.5) is 11.4 Å². The Balaban J connectivity index is 1.90. The summed E-state index contributed by atoms with van der Waals surface area (Å²) in [6, 6.07) is 10.4. The second-order valence-corrected chi connectivity index (χ2v) is 7.54. The van der Waals surface area contributed by atoms with Crippen molar-refractivity contribution in [2.45, 2.75) is 4.90 Å². The van der Waals surface area contributed by atoms with Gasteiger partial charge in [0.25, 0.3) is 0 Å². The highest BCUT2D eigenvalue weighted by Gasteiger charge is 2.11. The molecule has 1 aromatic carbocycles. The van der Waals surface area contributed by atoms with E-state index >= 15 is 0 Å². The van der Waals surface area contributed by atoms with Crippen molar-refractivity contribution in [1.82, 2.24) is 4.98 Å². The van der Waals surface area contributed by atoms with Crippen LogP contribution in [0.15, 0.2) is 47.5 Å². The van der Waals surface area contributed by atoms with E-state index in [1.54, 1.807) is 12.1 Å². The van der Waals surface area contributed by atoms with Crippen LogP contribution in [0.1, 0.15) is 0 Å². The zero-order valence-corrected chi connectivity index (χ0v) is 13.4. The third kappa shape index (κ3) is 5.11. The molecule has 0 fully saturated rings. The molecule has 0 radical (unpaired) electrons. The van der Waals surface area contributed by atoms with Gasteiger partial charge in [-0.05, 0) is 24.3 Å². The monoisotopic (exact) mass is 343 g/mol. The van der Waals surface area contributed by atoms with E-state index in [2.05, 4.69) is 9.71 Å². The molecule has 0 unspecified atom stereocenters. The first-order valence-corrected chi connectivity index (χ1v) is 9.07. The Morgan fingerprint density at radius 1 is 1.24 bits per heavy atom. The number of hydrogen-bond acceptors (Lipinski definition) is 5. The molecule has 0 spiro atoms. The standard InChI is InChI=1S/C13H14ClN3O2S2/c14-13-6-5-10(9-16-13)17-21(18,19)8-7-20-12-4-2-1-3-11(12)15/h1-6,9,17H,7-8,15H2. The number of nitrogen functional groups attached to an aromatic ring is 1. The van der Waals surface area contributed by atoms with E-state index in [4.69, 9.17) is 17.3 Å². The lowest BCUT2D eigenvalue weighted by Crippen LogP contribution is -2.18. The Bertz CT molecular complexity index is 706. The number of halogens is 1. The van der Waals surface area contributed by atoms with Gasteiger partial charge < -0.3 is 5.73 Å². The Morgan fingerprint density at radius 2 is 2.00 bits per heavy atom. The normalized spacial score (nSPS) is 11.3. The van der Waals surface area contributed by atoms with E-state index in [-0.39, 0.29) is 5.75 Å². The molecule has 0 amide bonds. The lowest BCUT2D eigenvalue weighted by Gasteiger charge is -2.08. The van der Waals surface area contributed by atoms with Gasteiger partial charge in [0.2, 0.25) is 10.0 Å². The molecular formula is C13H14ClN3O2S2. The predicted octanol–water partition coefficient (Wildman–Crippen LogP) is 2.85. The van der Waals surface area contributed by atoms with Gasteiger partial charge >= 0.3 is 0 Å². The summed E-state index contributed by atoms with van der Waals surface area (Å²) in [6.07, 6.45) is 1.38. The Kier molecular flexibility index (Phi) is 5.33. The molecule has 5 nitrogen and oxygen atoms in total. The number of thioether (sulfide) groups is 1. The van der Waals surface area contributed by atoms with E-state index in [0.717, 1.165) is 4.90 Å². The first kappa shape index (κ1) is 15.9. The van der Waals surface area contributed by atoms with Crippen molar-refractivity contribution in [3.05, 3.63) is 47.7 Å². The quantitative estimate of drug-likeness (QED) is 0.478. The van der Waals surface area contributed by atoms with Gasteiger partial charge in [-0.1, -0.05) is 23.7 Å². The molecular weight excluding hydrogens is 330 g/mol. The van der Waals surface area contributed by atoms with Crippen LogP contribution < -0.4 is 10.5 Å². The summed E-state index contributed by atoms with van der Waals surface area (Å²) in [5.41, 5.74) is 6.84. The molecule has 0 bridgehead atoms. The topological polar surface area (TPSA) is 85.1 Å². The van der Waals surface area contributed by atoms with E-state index in [9.17, 15) is 8.42 Å². The molecule has 21 heavy (non-hydrogen) atoms. The van der Waals surface area contributed by atoms with Crippen LogP contribution in [0.2, 0.25) is 5.15 Å². The van der Waals surface area contributed by atoms with Crippen molar-refractivity contribution >= 4 is 44.8 Å². The zero-order valence-electron chi connectivity index (χ0n) is 11.0. The van der Waals surface area contributed by atoms with Crippen LogP contribution in [0.5, 0.6) is 0 Å². The lowest BCUT2D eigenvalue weighted by atomic mass is 10.3. The third-order valence-electron chi connectivity index (χ3n) is 2.53. The number of hydrogen-bond donors (Lipinski definition) is 2. The minimum Gasteiger partial charge on any atom is -0.398 e. The largest absolute Gasteiger partial charge is 0.398 e. The van der Waals surface area contributed by atoms with Gasteiger partial charge in [0.05, 0.1) is 17.6 Å². The van der Waals surface area contributed by atoms with Crippen LogP contribution in [0.3, 0.4) is 0 Å². The number of para-hydroxylation sites is 1. The van der Waals surface area contributed by atoms with Crippen LogP contribution >= 0.6 is 23.4 Å². The lowest BCUT2D eigenvalue weighted by molar-refractivity contribution is 0.602. The molecule has 8 heteroatoms. The predicted molar refractivity (Wildman–Crippen MR) is 88.2 cm³/mol. The number of nitrogens with two attached hydrogens (primary N) is 1. The molecule has 0 aliphatic carbocycles. The highest BCUT2D eigenvalue weighted by atomic mass is 35.5. The molecule has 1 aromatic heterocycles. The Morgan fingerprint density at radius 3 is 2.67 bits per heavy atom. The summed E-state index contributed by atoms with van der Waals surface area (Å²) < 4.78 is 26.3. The van der Waals surface area contributed by atoms with E-state index in [1.165, 1.54) is 24.0 Å². The van der Waals surface area contributed by atoms with E-state index in [0.29, 0.717) is 22.3 Å². The van der Waals surface area contributed by atoms with Crippen molar-refractivity contribution in [3.8, 4) is 0 Å². The molecule has 1 heterocycles. The van der Waals surface area contributed by atoms with Gasteiger partial charge in [0.1, 0.15) is 5.15 Å². The third-order valence-corrected chi connectivity index (χ3v) is 5.39. The summed E-state index contributed by atoms with van der Waals surface area (Å²) in [6.45, 7) is 0. The zero-order chi connectivity index (χ0) is 15.3. The number of pyridine rings is 1. The van der Waals surface area contributed by atoms with E-state index in [1.807, 2.05) is 18.2 Å². The first-order chi connectivity index (χ1) is 9.96. The van der Waals surface area contributed by atoms with Crippen LogP contribution in [0, 0.1) is 0 Å². The molecule has 3 N–H and O–H groups in total. The van der Waals surface area contributed by atoms with Crippen LogP contribution in [-0.4, -0.2) is 24.9 Å². The van der Waals surface area contributed by atoms with Crippen molar-refractivity contribution in [2.24, 2.45) is 0 Å². The van der Waals surface area contributed by atoms with Crippen molar-refractivity contribution < 1.29 is 8.42 Å². The smallest absolute Gasteiger partial charge is 0.233 e. The highest BCUT2D eigenvalue weighted by molar-refractivity contribution is 8.01. The fourth-order valence-corrected chi connectivity index (χ4v) is 4.07. The number of nitrogens with zero attached hydrogens (tertiary/aromatic N) is 1. The highest BCUT2D eigenvalue weighted by Crippen LogP contribution is 2.24. The molecule has 2 rings (SSSR count). The number of nitrogens with one attached hydrogen (secondary N) is 1. The van der Waals surface area contributed by atoms with Crippen molar-refractivity contribution in [3.63, 3.8) is 0 Å². The maximum atomic E-state index is 11.9. The second kappa shape index (κ2) is 7.02. The fraction of sp³-hybridized carbons (Fsp3) is 0.154. The molecule has 0 atom stereocenters. The average molecular weight is 344 g/mol. The second-order valence-electron chi connectivity index (χ2n) is 4.18. The molecule has 0 saturated heterocycles. The SMILES string of the molecule is Nc1ccccc1SCCS(=O)(=O)Nc1ccc(Cl)nc1. The van der Waals surface area contributed by atoms with Gasteiger partial charge in [-0.3, -0.25) is 4.72 Å². The molecule has 0 aliphatic heterocycles. The number of sulfonamides is 1. The van der Waals surface area contributed by atoms with Gasteiger partial charge in [0.15, 0.2) is 0 Å². The summed E-state index contributed by atoms with van der Waals surface area (Å²) in [5, 5.41) is 0.313. The number of anilines is 2. The Hall–Kier alpha value is -1.44. The van der Waals surface area contributed by atoms with Crippen LogP contribution in [0.25, 0.3) is 0 Å². The fourth-order valence-electron chi connectivity index (χ4n) is 1.54. The maximum Gasteiger partial charge on any atom is 0.233 e. The van der Waals surface area contributed by atoms with Gasteiger partial charge in [-0.25, -0.2) is 13.4 Å². The van der Waals surface area contributed by atoms with Crippen molar-refractivity contribution in [2.75, 3.05) is 22.0 Å². The van der Waals surface area contributed by atoms with Crippen molar-refractivity contribution in [1.29, 1.82) is 0 Å². The summed E-state index contributed by atoms with van der Waals surface area (Å²) in [4.78, 5) is 4.70. The molecule has 2 aromatic rings. The average Bonchev–Trinajstić information content (AvgIpc) is 2.43. The number of rotatable bonds is 6. The molecule has 0 saturated carbocycles. The summed E-state index contributed by atoms with van der Waals surface area (Å²) >= 11 is 7.05. The Labute approximate surface area is 133 Å². The number of benzene rings is 1. The number of aromatic nitrogens is 1. The van der Waals surface area contributed by atoms with Crippen LogP contribution in [-0.2, 0) is 10.0 Å². The van der Waals surface area contributed by atoms with Gasteiger partial charge in [0, 0.05) is 16.3 Å². The van der Waals surface area contributed by atoms with Gasteiger partial charge in [-0.2, -0.15) is 0 Å².